The zero-order valence-electron chi connectivity index (χ0n) is 11.6. The lowest BCUT2D eigenvalue weighted by Crippen LogP contribution is -2.42. The molecule has 1 aromatic rings. The zero-order valence-corrected chi connectivity index (χ0v) is 12.3. The van der Waals surface area contributed by atoms with Crippen LogP contribution >= 0.6 is 11.6 Å². The minimum Gasteiger partial charge on any atom is -0.480 e. The molecule has 0 saturated heterocycles. The SMILES string of the molecule is CCCC[C@H](NC(=O)Nc1ccc(C)c(Cl)c1)C(=O)O. The number of aliphatic carboxylic acids is 1. The number of unbranched alkanes of at least 4 members (excludes halogenated alkanes) is 1. The first kappa shape index (κ1) is 16.3. The lowest BCUT2D eigenvalue weighted by Gasteiger charge is -2.15. The Morgan fingerprint density at radius 1 is 1.40 bits per heavy atom. The first-order valence-corrected chi connectivity index (χ1v) is 6.88. The number of anilines is 1. The number of hydrogen-bond acceptors (Lipinski definition) is 2. The van der Waals surface area contributed by atoms with Crippen molar-refractivity contribution in [2.45, 2.75) is 39.2 Å². The smallest absolute Gasteiger partial charge is 0.326 e. The molecule has 0 radical (unpaired) electrons. The zero-order chi connectivity index (χ0) is 15.1. The van der Waals surface area contributed by atoms with Gasteiger partial charge in [0.25, 0.3) is 0 Å². The van der Waals surface area contributed by atoms with Gasteiger partial charge in [0.1, 0.15) is 6.04 Å². The van der Waals surface area contributed by atoms with Crippen LogP contribution < -0.4 is 10.6 Å². The van der Waals surface area contributed by atoms with Gasteiger partial charge in [0, 0.05) is 10.7 Å². The Labute approximate surface area is 123 Å². The minimum absolute atomic E-state index is 0.411. The molecule has 6 heteroatoms. The highest BCUT2D eigenvalue weighted by atomic mass is 35.5. The predicted octanol–water partition coefficient (Wildman–Crippen LogP) is 3.41. The van der Waals surface area contributed by atoms with E-state index in [0.29, 0.717) is 17.1 Å². The molecule has 20 heavy (non-hydrogen) atoms. The molecule has 5 nitrogen and oxygen atoms in total. The number of carbonyl (C=O) groups excluding carboxylic acids is 1. The van der Waals surface area contributed by atoms with Crippen LogP contribution in [0.1, 0.15) is 31.7 Å². The van der Waals surface area contributed by atoms with E-state index >= 15 is 0 Å². The Morgan fingerprint density at radius 2 is 2.10 bits per heavy atom. The monoisotopic (exact) mass is 298 g/mol. The van der Waals surface area contributed by atoms with Crippen molar-refractivity contribution in [3.05, 3.63) is 28.8 Å². The first-order valence-electron chi connectivity index (χ1n) is 6.50. The standard InChI is InChI=1S/C14H19ClN2O3/c1-3-4-5-12(13(18)19)17-14(20)16-10-7-6-9(2)11(15)8-10/h6-8,12H,3-5H2,1-2H3,(H,18,19)(H2,16,17,20)/t12-/m0/s1. The van der Waals surface area contributed by atoms with Crippen LogP contribution in [-0.2, 0) is 4.79 Å². The van der Waals surface area contributed by atoms with Gasteiger partial charge in [-0.1, -0.05) is 37.4 Å². The third kappa shape index (κ3) is 5.09. The van der Waals surface area contributed by atoms with E-state index in [2.05, 4.69) is 10.6 Å². The lowest BCUT2D eigenvalue weighted by atomic mass is 10.1. The average molecular weight is 299 g/mol. The first-order chi connectivity index (χ1) is 9.43. The van der Waals surface area contributed by atoms with Crippen LogP contribution in [0.5, 0.6) is 0 Å². The summed E-state index contributed by atoms with van der Waals surface area (Å²) < 4.78 is 0. The van der Waals surface area contributed by atoms with Crippen molar-refractivity contribution in [2.75, 3.05) is 5.32 Å². The van der Waals surface area contributed by atoms with E-state index in [-0.39, 0.29) is 0 Å². The summed E-state index contributed by atoms with van der Waals surface area (Å²) >= 11 is 5.96. The lowest BCUT2D eigenvalue weighted by molar-refractivity contribution is -0.139. The molecule has 0 aliphatic heterocycles. The number of amides is 2. The van der Waals surface area contributed by atoms with Crippen LogP contribution in [0.3, 0.4) is 0 Å². The normalized spacial score (nSPS) is 11.8. The third-order valence-electron chi connectivity index (χ3n) is 2.88. The van der Waals surface area contributed by atoms with Gasteiger partial charge in [-0.3, -0.25) is 0 Å². The van der Waals surface area contributed by atoms with Gasteiger partial charge < -0.3 is 15.7 Å². The number of aryl methyl sites for hydroxylation is 1. The number of halogens is 1. The van der Waals surface area contributed by atoms with Crippen molar-refractivity contribution in [3.8, 4) is 0 Å². The van der Waals surface area contributed by atoms with Crippen LogP contribution in [0.25, 0.3) is 0 Å². The molecular formula is C14H19ClN2O3. The molecule has 0 aliphatic rings. The summed E-state index contributed by atoms with van der Waals surface area (Å²) in [6.45, 7) is 3.82. The van der Waals surface area contributed by atoms with Crippen molar-refractivity contribution in [3.63, 3.8) is 0 Å². The Hall–Kier alpha value is -1.75. The second kappa shape index (κ2) is 7.75. The van der Waals surface area contributed by atoms with Crippen molar-refractivity contribution in [1.82, 2.24) is 5.32 Å². The molecule has 3 N–H and O–H groups in total. The van der Waals surface area contributed by atoms with Gasteiger partial charge >= 0.3 is 12.0 Å². The molecule has 0 aromatic heterocycles. The summed E-state index contributed by atoms with van der Waals surface area (Å²) in [5.41, 5.74) is 1.43. The number of urea groups is 1. The Morgan fingerprint density at radius 3 is 2.65 bits per heavy atom. The second-order valence-electron chi connectivity index (χ2n) is 4.60. The maximum absolute atomic E-state index is 11.8. The molecule has 110 valence electrons. The number of rotatable bonds is 6. The van der Waals surface area contributed by atoms with Crippen LogP contribution in [0.15, 0.2) is 18.2 Å². The highest BCUT2D eigenvalue weighted by molar-refractivity contribution is 6.31. The molecule has 1 aromatic carbocycles. The van der Waals surface area contributed by atoms with Gasteiger partial charge in [0.15, 0.2) is 0 Å². The molecule has 0 bridgehead atoms. The third-order valence-corrected chi connectivity index (χ3v) is 3.29. The topological polar surface area (TPSA) is 78.4 Å². The Bertz CT molecular complexity index is 491. The largest absolute Gasteiger partial charge is 0.480 e. The molecule has 0 heterocycles. The molecular weight excluding hydrogens is 280 g/mol. The minimum atomic E-state index is -1.03. The molecule has 2 amide bonds. The van der Waals surface area contributed by atoms with Gasteiger partial charge in [-0.05, 0) is 31.0 Å². The van der Waals surface area contributed by atoms with E-state index in [1.165, 1.54) is 0 Å². The highest BCUT2D eigenvalue weighted by Gasteiger charge is 2.19. The summed E-state index contributed by atoms with van der Waals surface area (Å²) in [5.74, 6) is -1.03. The van der Waals surface area contributed by atoms with E-state index in [1.54, 1.807) is 18.2 Å². The fourth-order valence-corrected chi connectivity index (χ4v) is 1.84. The fourth-order valence-electron chi connectivity index (χ4n) is 1.66. The number of carbonyl (C=O) groups is 2. The Kier molecular flexibility index (Phi) is 6.31. The summed E-state index contributed by atoms with van der Waals surface area (Å²) in [6.07, 6.45) is 2.03. The number of benzene rings is 1. The summed E-state index contributed by atoms with van der Waals surface area (Å²) in [4.78, 5) is 22.8. The molecule has 0 aliphatic carbocycles. The van der Waals surface area contributed by atoms with Crippen molar-refractivity contribution in [1.29, 1.82) is 0 Å². The van der Waals surface area contributed by atoms with Gasteiger partial charge in [-0.2, -0.15) is 0 Å². The highest BCUT2D eigenvalue weighted by Crippen LogP contribution is 2.19. The average Bonchev–Trinajstić information content (AvgIpc) is 2.38. The van der Waals surface area contributed by atoms with Crippen molar-refractivity contribution in [2.24, 2.45) is 0 Å². The van der Waals surface area contributed by atoms with Gasteiger partial charge in [-0.25, -0.2) is 9.59 Å². The quantitative estimate of drug-likeness (QED) is 0.753. The van der Waals surface area contributed by atoms with Gasteiger partial charge in [-0.15, -0.1) is 0 Å². The molecule has 0 spiro atoms. The number of hydrogen-bond donors (Lipinski definition) is 3. The van der Waals surface area contributed by atoms with E-state index < -0.39 is 18.0 Å². The van der Waals surface area contributed by atoms with Crippen LogP contribution in [0.4, 0.5) is 10.5 Å². The summed E-state index contributed by atoms with van der Waals surface area (Å²) in [6, 6.07) is 3.69. The van der Waals surface area contributed by atoms with Crippen LogP contribution in [-0.4, -0.2) is 23.1 Å². The summed E-state index contributed by atoms with van der Waals surface area (Å²) in [7, 11) is 0. The molecule has 1 rings (SSSR count). The molecule has 0 saturated carbocycles. The molecule has 0 fully saturated rings. The second-order valence-corrected chi connectivity index (χ2v) is 5.00. The van der Waals surface area contributed by atoms with E-state index in [1.807, 2.05) is 13.8 Å². The van der Waals surface area contributed by atoms with Gasteiger partial charge in [0.05, 0.1) is 0 Å². The number of carboxylic acids is 1. The predicted molar refractivity (Wildman–Crippen MR) is 79.3 cm³/mol. The van der Waals surface area contributed by atoms with Crippen molar-refractivity contribution >= 4 is 29.3 Å². The van der Waals surface area contributed by atoms with E-state index in [4.69, 9.17) is 16.7 Å². The van der Waals surface area contributed by atoms with Crippen molar-refractivity contribution < 1.29 is 14.7 Å². The number of carboxylic acid groups (broad SMARTS) is 1. The summed E-state index contributed by atoms with van der Waals surface area (Å²) in [5, 5.41) is 14.6. The van der Waals surface area contributed by atoms with Crippen LogP contribution in [0.2, 0.25) is 5.02 Å². The molecule has 0 unspecified atom stereocenters. The molecule has 1 atom stereocenters. The number of nitrogens with one attached hydrogen (secondary N) is 2. The van der Waals surface area contributed by atoms with Gasteiger partial charge in [0.2, 0.25) is 0 Å². The maximum atomic E-state index is 11.8. The fraction of sp³-hybridized carbons (Fsp3) is 0.429. The maximum Gasteiger partial charge on any atom is 0.326 e. The van der Waals surface area contributed by atoms with Crippen LogP contribution in [0, 0.1) is 6.92 Å². The van der Waals surface area contributed by atoms with E-state index in [9.17, 15) is 9.59 Å². The van der Waals surface area contributed by atoms with E-state index in [0.717, 1.165) is 18.4 Å². The Balaban J connectivity index is 2.60.